The van der Waals surface area contributed by atoms with Gasteiger partial charge in [-0.25, -0.2) is 9.18 Å². The minimum atomic E-state index is -0.564. The number of nitrogens with zero attached hydrogens (tertiary/aromatic N) is 4. The van der Waals surface area contributed by atoms with Crippen LogP contribution in [0.25, 0.3) is 11.4 Å². The maximum Gasteiger partial charge on any atom is 0.321 e. The van der Waals surface area contributed by atoms with Crippen molar-refractivity contribution in [3.8, 4) is 11.4 Å². The number of nitrogens with one attached hydrogen (secondary N) is 2. The topological polar surface area (TPSA) is 102 Å². The molecule has 0 aliphatic carbocycles. The Kier molecular flexibility index (Phi) is 5.34. The van der Waals surface area contributed by atoms with Crippen molar-refractivity contribution in [2.75, 3.05) is 6.54 Å². The Bertz CT molecular complexity index is 715. The molecule has 9 heteroatoms. The van der Waals surface area contributed by atoms with Crippen molar-refractivity contribution in [2.45, 2.75) is 26.8 Å². The van der Waals surface area contributed by atoms with Crippen LogP contribution >= 0.6 is 0 Å². The molecule has 0 radical (unpaired) electrons. The average Bonchev–Trinajstić information content (AvgIpc) is 2.96. The lowest BCUT2D eigenvalue weighted by Gasteiger charge is -2.04. The van der Waals surface area contributed by atoms with Crippen LogP contribution in [0.15, 0.2) is 18.2 Å². The number of aromatic nitrogens is 4. The van der Waals surface area contributed by atoms with Crippen LogP contribution in [0.1, 0.15) is 18.9 Å². The molecule has 0 saturated heterocycles. The number of halogens is 1. The number of amides is 3. The minimum absolute atomic E-state index is 0.243. The van der Waals surface area contributed by atoms with E-state index < -0.39 is 11.9 Å². The lowest BCUT2D eigenvalue weighted by atomic mass is 10.1. The van der Waals surface area contributed by atoms with Crippen LogP contribution in [-0.4, -0.2) is 38.7 Å². The fourth-order valence-corrected chi connectivity index (χ4v) is 1.79. The zero-order chi connectivity index (χ0) is 16.8. The number of benzene rings is 1. The van der Waals surface area contributed by atoms with E-state index in [1.54, 1.807) is 13.0 Å². The average molecular weight is 320 g/mol. The zero-order valence-electron chi connectivity index (χ0n) is 12.8. The number of hydrogen-bond acceptors (Lipinski definition) is 5. The Labute approximate surface area is 132 Å². The van der Waals surface area contributed by atoms with Crippen LogP contribution in [-0.2, 0) is 11.3 Å². The van der Waals surface area contributed by atoms with Crippen LogP contribution in [0.5, 0.6) is 0 Å². The van der Waals surface area contributed by atoms with Gasteiger partial charge in [0.05, 0.1) is 0 Å². The number of urea groups is 1. The molecule has 1 heterocycles. The molecule has 1 aromatic heterocycles. The molecule has 2 aromatic rings. The number of tetrazole rings is 1. The van der Waals surface area contributed by atoms with Crippen molar-refractivity contribution < 1.29 is 14.0 Å². The van der Waals surface area contributed by atoms with E-state index in [-0.39, 0.29) is 18.2 Å². The van der Waals surface area contributed by atoms with E-state index in [4.69, 9.17) is 0 Å². The zero-order valence-corrected chi connectivity index (χ0v) is 12.8. The van der Waals surface area contributed by atoms with Gasteiger partial charge in [0.1, 0.15) is 12.4 Å². The highest BCUT2D eigenvalue weighted by Crippen LogP contribution is 2.17. The maximum atomic E-state index is 13.2. The Morgan fingerprint density at radius 3 is 2.83 bits per heavy atom. The quantitative estimate of drug-likeness (QED) is 0.856. The second-order valence-electron chi connectivity index (χ2n) is 4.91. The summed E-state index contributed by atoms with van der Waals surface area (Å²) in [5.74, 6) is -0.604. The first-order valence-electron chi connectivity index (χ1n) is 7.11. The molecule has 23 heavy (non-hydrogen) atoms. The van der Waals surface area contributed by atoms with E-state index in [0.29, 0.717) is 17.7 Å². The Morgan fingerprint density at radius 1 is 1.35 bits per heavy atom. The largest absolute Gasteiger partial charge is 0.338 e. The smallest absolute Gasteiger partial charge is 0.321 e. The minimum Gasteiger partial charge on any atom is -0.338 e. The molecule has 2 N–H and O–H groups in total. The first-order valence-corrected chi connectivity index (χ1v) is 7.11. The number of imide groups is 1. The fraction of sp³-hybridized carbons (Fsp3) is 0.357. The molecule has 0 fully saturated rings. The SMILES string of the molecule is CCCNC(=O)NC(=O)Cn1nnc(-c2ccc(F)c(C)c2)n1. The van der Waals surface area contributed by atoms with Gasteiger partial charge in [0.25, 0.3) is 5.91 Å². The molecule has 0 aliphatic heterocycles. The third-order valence-electron chi connectivity index (χ3n) is 2.94. The van der Waals surface area contributed by atoms with Gasteiger partial charge in [-0.05, 0) is 42.3 Å². The van der Waals surface area contributed by atoms with Crippen LogP contribution < -0.4 is 10.6 Å². The lowest BCUT2D eigenvalue weighted by Crippen LogP contribution is -2.41. The van der Waals surface area contributed by atoms with Gasteiger partial charge < -0.3 is 5.32 Å². The van der Waals surface area contributed by atoms with Gasteiger partial charge in [-0.2, -0.15) is 4.80 Å². The lowest BCUT2D eigenvalue weighted by molar-refractivity contribution is -0.121. The standard InChI is InChI=1S/C14H17FN6O2/c1-3-6-16-14(23)17-12(22)8-21-19-13(18-20-21)10-4-5-11(15)9(2)7-10/h4-5,7H,3,6,8H2,1-2H3,(H2,16,17,22,23). The summed E-state index contributed by atoms with van der Waals surface area (Å²) in [6.07, 6.45) is 0.771. The maximum absolute atomic E-state index is 13.2. The van der Waals surface area contributed by atoms with Crippen molar-refractivity contribution in [1.29, 1.82) is 0 Å². The molecule has 0 unspecified atom stereocenters. The number of rotatable bonds is 5. The summed E-state index contributed by atoms with van der Waals surface area (Å²) < 4.78 is 13.2. The first kappa shape index (κ1) is 16.5. The second kappa shape index (κ2) is 7.43. The Morgan fingerprint density at radius 2 is 2.13 bits per heavy atom. The molecule has 2 rings (SSSR count). The number of aryl methyl sites for hydroxylation is 1. The van der Waals surface area contributed by atoms with Crippen molar-refractivity contribution in [3.63, 3.8) is 0 Å². The van der Waals surface area contributed by atoms with E-state index in [1.165, 1.54) is 12.1 Å². The number of hydrogen-bond donors (Lipinski definition) is 2. The predicted octanol–water partition coefficient (Wildman–Crippen LogP) is 1.02. The van der Waals surface area contributed by atoms with Gasteiger partial charge in [-0.15, -0.1) is 10.2 Å². The van der Waals surface area contributed by atoms with E-state index >= 15 is 0 Å². The van der Waals surface area contributed by atoms with Crippen molar-refractivity contribution in [2.24, 2.45) is 0 Å². The summed E-state index contributed by atoms with van der Waals surface area (Å²) >= 11 is 0. The van der Waals surface area contributed by atoms with Crippen LogP contribution in [0.3, 0.4) is 0 Å². The molecule has 1 aromatic carbocycles. The van der Waals surface area contributed by atoms with Crippen molar-refractivity contribution in [1.82, 2.24) is 30.8 Å². The van der Waals surface area contributed by atoms with Crippen LogP contribution in [0, 0.1) is 12.7 Å². The Hall–Kier alpha value is -2.84. The summed E-state index contributed by atoms with van der Waals surface area (Å²) in [4.78, 5) is 24.1. The normalized spacial score (nSPS) is 10.4. The van der Waals surface area contributed by atoms with E-state index in [2.05, 4.69) is 26.0 Å². The molecule has 8 nitrogen and oxygen atoms in total. The summed E-state index contributed by atoms with van der Waals surface area (Å²) in [6.45, 7) is 3.77. The predicted molar refractivity (Wildman–Crippen MR) is 79.8 cm³/mol. The fourth-order valence-electron chi connectivity index (χ4n) is 1.79. The highest BCUT2D eigenvalue weighted by Gasteiger charge is 2.12. The Balaban J connectivity index is 1.98. The van der Waals surface area contributed by atoms with E-state index in [0.717, 1.165) is 11.2 Å². The molecule has 122 valence electrons. The van der Waals surface area contributed by atoms with Crippen LogP contribution in [0.4, 0.5) is 9.18 Å². The molecule has 0 spiro atoms. The van der Waals surface area contributed by atoms with Gasteiger partial charge in [0, 0.05) is 12.1 Å². The molecular formula is C14H17FN6O2. The summed E-state index contributed by atoms with van der Waals surface area (Å²) in [5.41, 5.74) is 1.06. The molecular weight excluding hydrogens is 303 g/mol. The number of carbonyl (C=O) groups is 2. The third-order valence-corrected chi connectivity index (χ3v) is 2.94. The van der Waals surface area contributed by atoms with E-state index in [1.807, 2.05) is 6.92 Å². The summed E-state index contributed by atoms with van der Waals surface area (Å²) in [6, 6.07) is 3.87. The van der Waals surface area contributed by atoms with Gasteiger partial charge in [0.2, 0.25) is 5.82 Å². The van der Waals surface area contributed by atoms with Gasteiger partial charge in [0.15, 0.2) is 0 Å². The van der Waals surface area contributed by atoms with Crippen molar-refractivity contribution in [3.05, 3.63) is 29.6 Å². The number of carbonyl (C=O) groups excluding carboxylic acids is 2. The molecule has 0 bridgehead atoms. The molecule has 0 aliphatic rings. The third kappa shape index (κ3) is 4.56. The van der Waals surface area contributed by atoms with Gasteiger partial charge >= 0.3 is 6.03 Å². The highest BCUT2D eigenvalue weighted by atomic mass is 19.1. The highest BCUT2D eigenvalue weighted by molar-refractivity contribution is 5.94. The van der Waals surface area contributed by atoms with Gasteiger partial charge in [-0.1, -0.05) is 6.92 Å². The van der Waals surface area contributed by atoms with E-state index in [9.17, 15) is 14.0 Å². The summed E-state index contributed by atoms with van der Waals surface area (Å²) in [5, 5.41) is 16.3. The molecule has 0 saturated carbocycles. The van der Waals surface area contributed by atoms with Crippen molar-refractivity contribution >= 4 is 11.9 Å². The monoisotopic (exact) mass is 320 g/mol. The second-order valence-corrected chi connectivity index (χ2v) is 4.91. The summed E-state index contributed by atoms with van der Waals surface area (Å²) in [7, 11) is 0. The first-order chi connectivity index (χ1) is 11.0. The molecule has 3 amide bonds. The molecule has 0 atom stereocenters. The van der Waals surface area contributed by atoms with Crippen LogP contribution in [0.2, 0.25) is 0 Å². The van der Waals surface area contributed by atoms with Gasteiger partial charge in [-0.3, -0.25) is 10.1 Å².